The van der Waals surface area contributed by atoms with Gasteiger partial charge in [0.25, 0.3) is 10.0 Å². The Kier molecular flexibility index (Phi) is 11.1. The van der Waals surface area contributed by atoms with E-state index in [1.54, 1.807) is 49.6 Å². The Morgan fingerprint density at radius 1 is 0.886 bits per heavy atom. The predicted molar refractivity (Wildman–Crippen MR) is 169 cm³/mol. The minimum Gasteiger partial charge on any atom is -0.497 e. The number of rotatable bonds is 14. The Labute approximate surface area is 260 Å². The van der Waals surface area contributed by atoms with Crippen molar-refractivity contribution in [1.29, 1.82) is 0 Å². The van der Waals surface area contributed by atoms with E-state index in [4.69, 9.17) is 14.2 Å². The van der Waals surface area contributed by atoms with Gasteiger partial charge in [-0.25, -0.2) is 8.42 Å². The van der Waals surface area contributed by atoms with Crippen LogP contribution in [-0.4, -0.2) is 65.1 Å². The van der Waals surface area contributed by atoms with Crippen LogP contribution in [0.5, 0.6) is 17.2 Å². The minimum atomic E-state index is -4.26. The van der Waals surface area contributed by atoms with E-state index in [9.17, 15) is 18.0 Å². The van der Waals surface area contributed by atoms with Gasteiger partial charge in [-0.3, -0.25) is 13.9 Å². The van der Waals surface area contributed by atoms with Gasteiger partial charge >= 0.3 is 0 Å². The van der Waals surface area contributed by atoms with E-state index in [2.05, 4.69) is 5.32 Å². The van der Waals surface area contributed by atoms with Crippen molar-refractivity contribution in [3.63, 3.8) is 0 Å². The highest BCUT2D eigenvalue weighted by molar-refractivity contribution is 7.92. The molecule has 1 aliphatic carbocycles. The maximum Gasteiger partial charge on any atom is 0.264 e. The highest BCUT2D eigenvalue weighted by Gasteiger charge is 2.35. The summed E-state index contributed by atoms with van der Waals surface area (Å²) in [5.74, 6) is 0.522. The number of benzene rings is 3. The van der Waals surface area contributed by atoms with E-state index in [0.29, 0.717) is 23.6 Å². The summed E-state index contributed by atoms with van der Waals surface area (Å²) in [6, 6.07) is 19.2. The minimum absolute atomic E-state index is 0.0699. The number of ether oxygens (including phenoxy) is 3. The van der Waals surface area contributed by atoms with Crippen LogP contribution in [0.1, 0.15) is 44.6 Å². The number of nitrogens with zero attached hydrogens (tertiary/aromatic N) is 2. The van der Waals surface area contributed by atoms with Gasteiger partial charge in [0.2, 0.25) is 11.8 Å². The summed E-state index contributed by atoms with van der Waals surface area (Å²) in [7, 11) is 0.197. The molecule has 1 atom stereocenters. The molecule has 44 heavy (non-hydrogen) atoms. The molecular formula is C33H41N3O7S. The number of sulfonamides is 1. The number of hydrogen-bond donors (Lipinski definition) is 1. The summed E-state index contributed by atoms with van der Waals surface area (Å²) in [6.45, 7) is 1.44. The molecule has 1 aliphatic rings. The second kappa shape index (κ2) is 15.0. The molecule has 0 heterocycles. The van der Waals surface area contributed by atoms with Crippen molar-refractivity contribution in [2.45, 2.75) is 62.6 Å². The molecule has 236 valence electrons. The molecule has 0 saturated heterocycles. The van der Waals surface area contributed by atoms with E-state index in [1.165, 1.54) is 37.3 Å². The lowest BCUT2D eigenvalue weighted by Crippen LogP contribution is -2.53. The zero-order valence-electron chi connectivity index (χ0n) is 25.7. The van der Waals surface area contributed by atoms with Crippen LogP contribution in [0.2, 0.25) is 0 Å². The van der Waals surface area contributed by atoms with E-state index < -0.39 is 28.5 Å². The lowest BCUT2D eigenvalue weighted by atomic mass is 10.1. The second-order valence-corrected chi connectivity index (χ2v) is 12.5. The highest BCUT2D eigenvalue weighted by Crippen LogP contribution is 2.32. The van der Waals surface area contributed by atoms with Crippen LogP contribution >= 0.6 is 0 Å². The monoisotopic (exact) mass is 623 g/mol. The van der Waals surface area contributed by atoms with Crippen LogP contribution in [0.25, 0.3) is 0 Å². The van der Waals surface area contributed by atoms with E-state index in [0.717, 1.165) is 35.6 Å². The number of nitrogens with one attached hydrogen (secondary N) is 1. The van der Waals surface area contributed by atoms with E-state index >= 15 is 0 Å². The predicted octanol–water partition coefficient (Wildman–Crippen LogP) is 4.77. The number of methoxy groups -OCH3 is 3. The summed E-state index contributed by atoms with van der Waals surface area (Å²) in [4.78, 5) is 29.3. The van der Waals surface area contributed by atoms with Crippen LogP contribution in [0.3, 0.4) is 0 Å². The second-order valence-electron chi connectivity index (χ2n) is 10.6. The lowest BCUT2D eigenvalue weighted by molar-refractivity contribution is -0.140. The van der Waals surface area contributed by atoms with Gasteiger partial charge in [-0.05, 0) is 61.2 Å². The Bertz CT molecular complexity index is 1510. The van der Waals surface area contributed by atoms with Crippen LogP contribution in [0.15, 0.2) is 77.7 Å². The number of carbonyl (C=O) groups excluding carboxylic acids is 2. The van der Waals surface area contributed by atoms with E-state index in [1.807, 2.05) is 19.1 Å². The van der Waals surface area contributed by atoms with Gasteiger partial charge in [-0.15, -0.1) is 0 Å². The maximum atomic E-state index is 14.3. The molecule has 3 aromatic carbocycles. The number of hydrogen-bond acceptors (Lipinski definition) is 7. The molecular weight excluding hydrogens is 582 g/mol. The molecule has 10 nitrogen and oxygen atoms in total. The average molecular weight is 624 g/mol. The fourth-order valence-corrected chi connectivity index (χ4v) is 6.87. The Morgan fingerprint density at radius 3 is 2.14 bits per heavy atom. The van der Waals surface area contributed by atoms with Crippen molar-refractivity contribution in [2.75, 3.05) is 32.2 Å². The van der Waals surface area contributed by atoms with Gasteiger partial charge < -0.3 is 24.4 Å². The third-order valence-corrected chi connectivity index (χ3v) is 9.64. The summed E-state index contributed by atoms with van der Waals surface area (Å²) in [5, 5.41) is 3.12. The summed E-state index contributed by atoms with van der Waals surface area (Å²) < 4.78 is 45.3. The Morgan fingerprint density at radius 2 is 1.55 bits per heavy atom. The molecule has 1 fully saturated rings. The van der Waals surface area contributed by atoms with Gasteiger partial charge in [0.15, 0.2) is 11.5 Å². The lowest BCUT2D eigenvalue weighted by Gasteiger charge is -2.33. The Balaban J connectivity index is 1.72. The quantitative estimate of drug-likeness (QED) is 0.275. The molecule has 0 spiro atoms. The fourth-order valence-electron chi connectivity index (χ4n) is 5.44. The smallest absolute Gasteiger partial charge is 0.264 e. The SMILES string of the molecule is CC[C@H](C(=O)NC1CCCC1)N(Cc1ccc(OC)cc1)C(=O)CN(c1ccccc1)S(=O)(=O)c1ccc(OC)c(OC)c1. The number of anilines is 1. The molecule has 1 N–H and O–H groups in total. The van der Waals surface area contributed by atoms with Crippen LogP contribution in [0, 0.1) is 0 Å². The van der Waals surface area contributed by atoms with E-state index in [-0.39, 0.29) is 29.1 Å². The van der Waals surface area contributed by atoms with Crippen molar-refractivity contribution in [3.05, 3.63) is 78.4 Å². The average Bonchev–Trinajstić information content (AvgIpc) is 3.56. The zero-order chi connectivity index (χ0) is 31.7. The van der Waals surface area contributed by atoms with Crippen LogP contribution in [-0.2, 0) is 26.2 Å². The Hall–Kier alpha value is -4.25. The van der Waals surface area contributed by atoms with Gasteiger partial charge in [0, 0.05) is 18.7 Å². The van der Waals surface area contributed by atoms with Gasteiger partial charge in [0.1, 0.15) is 18.3 Å². The van der Waals surface area contributed by atoms with Crippen molar-refractivity contribution >= 4 is 27.5 Å². The molecule has 0 aromatic heterocycles. The molecule has 0 radical (unpaired) electrons. The van der Waals surface area contributed by atoms with Crippen molar-refractivity contribution in [1.82, 2.24) is 10.2 Å². The number of carbonyl (C=O) groups is 2. The van der Waals surface area contributed by atoms with Crippen molar-refractivity contribution in [3.8, 4) is 17.2 Å². The summed E-state index contributed by atoms with van der Waals surface area (Å²) >= 11 is 0. The highest BCUT2D eigenvalue weighted by atomic mass is 32.2. The third-order valence-electron chi connectivity index (χ3n) is 7.87. The molecule has 0 bridgehead atoms. The molecule has 2 amide bonds. The van der Waals surface area contributed by atoms with Crippen LogP contribution < -0.4 is 23.8 Å². The molecule has 0 aliphatic heterocycles. The molecule has 3 aromatic rings. The largest absolute Gasteiger partial charge is 0.497 e. The molecule has 1 saturated carbocycles. The zero-order valence-corrected chi connectivity index (χ0v) is 26.5. The number of para-hydroxylation sites is 1. The molecule has 4 rings (SSSR count). The first-order valence-corrected chi connectivity index (χ1v) is 16.2. The fraction of sp³-hybridized carbons (Fsp3) is 0.394. The number of amides is 2. The van der Waals surface area contributed by atoms with Gasteiger partial charge in [-0.2, -0.15) is 0 Å². The normalized spacial score (nSPS) is 14.0. The standard InChI is InChI=1S/C33H41N3O7S/c1-5-29(33(38)34-25-11-9-10-12-25)35(22-24-15-17-27(41-2)18-16-24)32(37)23-36(26-13-7-6-8-14-26)44(39,40)28-19-20-30(42-3)31(21-28)43-4/h6-8,13-21,25,29H,5,9-12,22-23H2,1-4H3,(H,34,38)/t29-/m1/s1. The third kappa shape index (κ3) is 7.63. The van der Waals surface area contributed by atoms with Crippen LogP contribution in [0.4, 0.5) is 5.69 Å². The molecule has 0 unspecified atom stereocenters. The molecule has 11 heteroatoms. The first kappa shape index (κ1) is 32.7. The summed E-state index contributed by atoms with van der Waals surface area (Å²) in [6.07, 6.45) is 4.26. The van der Waals surface area contributed by atoms with Crippen molar-refractivity contribution in [2.24, 2.45) is 0 Å². The van der Waals surface area contributed by atoms with Crippen molar-refractivity contribution < 1.29 is 32.2 Å². The maximum absolute atomic E-state index is 14.3. The first-order valence-electron chi connectivity index (χ1n) is 14.7. The first-order chi connectivity index (χ1) is 21.2. The summed E-state index contributed by atoms with van der Waals surface area (Å²) in [5.41, 5.74) is 1.09. The topological polar surface area (TPSA) is 114 Å². The van der Waals surface area contributed by atoms with Gasteiger partial charge in [-0.1, -0.05) is 50.1 Å². The van der Waals surface area contributed by atoms with Gasteiger partial charge in [0.05, 0.1) is 31.9 Å².